The van der Waals surface area contributed by atoms with Crippen molar-refractivity contribution in [1.29, 1.82) is 0 Å². The maximum Gasteiger partial charge on any atom is 0.329 e. The Morgan fingerprint density at radius 2 is 1.81 bits per heavy atom. The molecule has 0 bridgehead atoms. The summed E-state index contributed by atoms with van der Waals surface area (Å²) in [5, 5.41) is 14.1. The number of carboxylic acid groups (broad SMARTS) is 1. The van der Waals surface area contributed by atoms with Crippen molar-refractivity contribution in [3.63, 3.8) is 0 Å². The zero-order chi connectivity index (χ0) is 22.1. The molecule has 0 unspecified atom stereocenters. The Morgan fingerprint density at radius 3 is 2.48 bits per heavy atom. The van der Waals surface area contributed by atoms with Crippen LogP contribution in [-0.4, -0.2) is 22.8 Å². The topological polar surface area (TPSA) is 103 Å². The van der Waals surface area contributed by atoms with E-state index >= 15 is 0 Å². The Kier molecular flexibility index (Phi) is 5.54. The summed E-state index contributed by atoms with van der Waals surface area (Å²) in [6.07, 6.45) is 1.42. The third-order valence-corrected chi connectivity index (χ3v) is 5.17. The van der Waals surface area contributed by atoms with Crippen LogP contribution in [0, 0.1) is 0 Å². The van der Waals surface area contributed by atoms with Gasteiger partial charge in [-0.05, 0) is 35.9 Å². The number of imide groups is 1. The average Bonchev–Trinajstić information content (AvgIpc) is 3.29. The lowest BCUT2D eigenvalue weighted by Gasteiger charge is -2.11. The molecule has 156 valence electrons. The highest BCUT2D eigenvalue weighted by atomic mass is 35.5. The Labute approximate surface area is 186 Å². The van der Waals surface area contributed by atoms with Gasteiger partial charge in [0.1, 0.15) is 17.2 Å². The summed E-state index contributed by atoms with van der Waals surface area (Å²) in [6, 6.07) is 13.9. The largest absolute Gasteiger partial charge is 0.545 e. The van der Waals surface area contributed by atoms with Crippen molar-refractivity contribution in [3.05, 3.63) is 87.2 Å². The van der Waals surface area contributed by atoms with Gasteiger partial charge < -0.3 is 19.6 Å². The van der Waals surface area contributed by atoms with E-state index in [1.807, 2.05) is 0 Å². The highest BCUT2D eigenvalue weighted by molar-refractivity contribution is 6.33. The molecule has 1 N–H and O–H groups in total. The number of urea groups is 1. The van der Waals surface area contributed by atoms with Crippen molar-refractivity contribution in [3.8, 4) is 11.3 Å². The molecule has 3 aromatic rings. The van der Waals surface area contributed by atoms with E-state index in [0.717, 1.165) is 10.5 Å². The van der Waals surface area contributed by atoms with Crippen LogP contribution in [0.4, 0.5) is 4.79 Å². The molecule has 0 atom stereocenters. The van der Waals surface area contributed by atoms with Gasteiger partial charge in [-0.1, -0.05) is 47.5 Å². The number of nitrogens with zero attached hydrogens (tertiary/aromatic N) is 1. The van der Waals surface area contributed by atoms with Crippen LogP contribution in [0.3, 0.4) is 0 Å². The maximum absolute atomic E-state index is 12.6. The van der Waals surface area contributed by atoms with Gasteiger partial charge in [0.05, 0.1) is 17.5 Å². The molecule has 4 rings (SSSR count). The van der Waals surface area contributed by atoms with Crippen LogP contribution in [0.25, 0.3) is 17.4 Å². The minimum atomic E-state index is -1.37. The van der Waals surface area contributed by atoms with Gasteiger partial charge in [-0.2, -0.15) is 0 Å². The fourth-order valence-corrected chi connectivity index (χ4v) is 3.43. The van der Waals surface area contributed by atoms with Gasteiger partial charge in [-0.15, -0.1) is 0 Å². The summed E-state index contributed by atoms with van der Waals surface area (Å²) >= 11 is 11.8. The van der Waals surface area contributed by atoms with Gasteiger partial charge in [0, 0.05) is 22.2 Å². The molecule has 9 heteroatoms. The van der Waals surface area contributed by atoms with Crippen LogP contribution in [0.5, 0.6) is 0 Å². The first-order valence-electron chi connectivity index (χ1n) is 9.02. The van der Waals surface area contributed by atoms with E-state index in [1.165, 1.54) is 24.3 Å². The number of hydrogen-bond donors (Lipinski definition) is 1. The third-order valence-electron chi connectivity index (χ3n) is 4.60. The normalized spacial score (nSPS) is 14.9. The number of benzene rings is 2. The van der Waals surface area contributed by atoms with Gasteiger partial charge in [0.25, 0.3) is 5.91 Å². The molecular formula is C22H13Cl2N2O5-. The molecule has 2 aromatic carbocycles. The minimum Gasteiger partial charge on any atom is -0.545 e. The zero-order valence-electron chi connectivity index (χ0n) is 15.7. The predicted molar refractivity (Wildman–Crippen MR) is 112 cm³/mol. The van der Waals surface area contributed by atoms with E-state index < -0.39 is 17.9 Å². The molecule has 0 saturated carbocycles. The smallest absolute Gasteiger partial charge is 0.329 e. The third kappa shape index (κ3) is 4.33. The Morgan fingerprint density at radius 1 is 1.06 bits per heavy atom. The van der Waals surface area contributed by atoms with Crippen molar-refractivity contribution in [1.82, 2.24) is 10.2 Å². The first kappa shape index (κ1) is 20.7. The van der Waals surface area contributed by atoms with Gasteiger partial charge in [-0.25, -0.2) is 4.79 Å². The van der Waals surface area contributed by atoms with Crippen LogP contribution in [0.1, 0.15) is 21.7 Å². The molecule has 1 aromatic heterocycles. The van der Waals surface area contributed by atoms with E-state index in [1.54, 1.807) is 36.4 Å². The summed E-state index contributed by atoms with van der Waals surface area (Å²) in [5.41, 5.74) is 1.25. The van der Waals surface area contributed by atoms with E-state index in [2.05, 4.69) is 5.32 Å². The van der Waals surface area contributed by atoms with Crippen molar-refractivity contribution >= 4 is 47.2 Å². The summed E-state index contributed by atoms with van der Waals surface area (Å²) in [5.74, 6) is -1.13. The number of nitrogens with one attached hydrogen (secondary N) is 1. The van der Waals surface area contributed by atoms with Crippen molar-refractivity contribution in [2.45, 2.75) is 6.54 Å². The van der Waals surface area contributed by atoms with E-state index in [0.29, 0.717) is 22.1 Å². The molecule has 31 heavy (non-hydrogen) atoms. The number of halogens is 2. The van der Waals surface area contributed by atoms with Crippen molar-refractivity contribution < 1.29 is 23.9 Å². The summed E-state index contributed by atoms with van der Waals surface area (Å²) in [6.45, 7) is 0.103. The zero-order valence-corrected chi connectivity index (χ0v) is 17.2. The Bertz CT molecular complexity index is 1230. The molecule has 1 aliphatic heterocycles. The maximum atomic E-state index is 12.6. The van der Waals surface area contributed by atoms with E-state index in [4.69, 9.17) is 27.6 Å². The monoisotopic (exact) mass is 455 g/mol. The second kappa shape index (κ2) is 8.29. The summed E-state index contributed by atoms with van der Waals surface area (Å²) in [4.78, 5) is 36.9. The quantitative estimate of drug-likeness (QED) is 0.466. The molecular weight excluding hydrogens is 443 g/mol. The molecule has 1 saturated heterocycles. The Balaban J connectivity index is 1.53. The lowest BCUT2D eigenvalue weighted by atomic mass is 10.1. The van der Waals surface area contributed by atoms with Crippen LogP contribution in [0.15, 0.2) is 64.7 Å². The number of hydrogen-bond acceptors (Lipinski definition) is 5. The number of furan rings is 1. The lowest BCUT2D eigenvalue weighted by Crippen LogP contribution is -2.30. The summed E-state index contributed by atoms with van der Waals surface area (Å²) < 4.78 is 5.70. The fourth-order valence-electron chi connectivity index (χ4n) is 3.05. The number of rotatable bonds is 5. The Hall–Kier alpha value is -3.55. The molecule has 1 fully saturated rings. The van der Waals surface area contributed by atoms with E-state index in [-0.39, 0.29) is 22.8 Å². The van der Waals surface area contributed by atoms with Gasteiger partial charge in [0.15, 0.2) is 0 Å². The average molecular weight is 456 g/mol. The molecule has 0 spiro atoms. The highest BCUT2D eigenvalue weighted by Crippen LogP contribution is 2.28. The molecule has 0 radical (unpaired) electrons. The number of amides is 3. The van der Waals surface area contributed by atoms with Crippen molar-refractivity contribution in [2.24, 2.45) is 0 Å². The lowest BCUT2D eigenvalue weighted by molar-refractivity contribution is -0.255. The first-order chi connectivity index (χ1) is 14.8. The fraction of sp³-hybridized carbons (Fsp3) is 0.0455. The van der Waals surface area contributed by atoms with Gasteiger partial charge in [-0.3, -0.25) is 9.69 Å². The minimum absolute atomic E-state index is 0.0184. The van der Waals surface area contributed by atoms with Crippen LogP contribution >= 0.6 is 23.2 Å². The van der Waals surface area contributed by atoms with Crippen molar-refractivity contribution in [2.75, 3.05) is 0 Å². The number of carbonyl (C=O) groups excluding carboxylic acids is 3. The molecule has 3 amide bonds. The molecule has 7 nitrogen and oxygen atoms in total. The molecule has 0 aliphatic carbocycles. The predicted octanol–water partition coefficient (Wildman–Crippen LogP) is 3.71. The molecule has 1 aliphatic rings. The highest BCUT2D eigenvalue weighted by Gasteiger charge is 2.33. The van der Waals surface area contributed by atoms with E-state index in [9.17, 15) is 19.5 Å². The van der Waals surface area contributed by atoms with Crippen LogP contribution in [-0.2, 0) is 11.3 Å². The van der Waals surface area contributed by atoms with Gasteiger partial charge in [0.2, 0.25) is 0 Å². The first-order valence-corrected chi connectivity index (χ1v) is 9.77. The number of carbonyl (C=O) groups is 3. The SMILES string of the molecule is O=C([O-])c1ccc(-c2ccc(/C=C3/NC(=O)N(Cc4ccc(Cl)cc4)C3=O)o2)cc1Cl. The summed E-state index contributed by atoms with van der Waals surface area (Å²) in [7, 11) is 0. The van der Waals surface area contributed by atoms with Crippen LogP contribution in [0.2, 0.25) is 10.0 Å². The second-order valence-electron chi connectivity index (χ2n) is 6.69. The number of aromatic carboxylic acids is 1. The second-order valence-corrected chi connectivity index (χ2v) is 7.53. The molecule has 2 heterocycles. The number of carboxylic acids is 1. The standard InChI is InChI=1S/C22H14Cl2N2O5/c23-14-4-1-12(2-5-14)11-26-20(27)18(25-22(26)30)10-15-6-8-19(31-15)13-3-7-16(21(28)29)17(24)9-13/h1-10H,11H2,(H,25,30)(H,28,29)/p-1/b18-10+. The van der Waals surface area contributed by atoms with Gasteiger partial charge >= 0.3 is 6.03 Å². The van der Waals surface area contributed by atoms with Crippen LogP contribution < -0.4 is 10.4 Å².